The van der Waals surface area contributed by atoms with E-state index in [2.05, 4.69) is 20.6 Å². The van der Waals surface area contributed by atoms with Crippen molar-refractivity contribution in [2.45, 2.75) is 0 Å². The van der Waals surface area contributed by atoms with Crippen molar-refractivity contribution in [3.8, 4) is 5.75 Å². The molecule has 0 aromatic heterocycles. The zero-order chi connectivity index (χ0) is 17.4. The fraction of sp³-hybridized carbons (Fsp3) is 0.118. The van der Waals surface area contributed by atoms with E-state index in [1.807, 2.05) is 24.3 Å². The molecule has 0 heterocycles. The number of esters is 1. The van der Waals surface area contributed by atoms with Crippen molar-refractivity contribution in [1.29, 1.82) is 0 Å². The molecule has 6 nitrogen and oxygen atoms in total. The van der Waals surface area contributed by atoms with Gasteiger partial charge in [-0.2, -0.15) is 5.10 Å². The van der Waals surface area contributed by atoms with Gasteiger partial charge in [0.15, 0.2) is 5.11 Å². The summed E-state index contributed by atoms with van der Waals surface area (Å²) < 4.78 is 9.77. The second-order valence-corrected chi connectivity index (χ2v) is 5.08. The number of carbonyl (C=O) groups is 1. The van der Waals surface area contributed by atoms with Crippen LogP contribution in [-0.2, 0) is 4.74 Å². The van der Waals surface area contributed by atoms with Crippen LogP contribution < -0.4 is 15.5 Å². The van der Waals surface area contributed by atoms with E-state index >= 15 is 0 Å². The van der Waals surface area contributed by atoms with E-state index in [4.69, 9.17) is 17.0 Å². The Morgan fingerprint density at radius 1 is 1.17 bits per heavy atom. The number of hydrogen-bond acceptors (Lipinski definition) is 5. The molecular weight excluding hydrogens is 326 g/mol. The number of nitrogens with zero attached hydrogens (tertiary/aromatic N) is 1. The van der Waals surface area contributed by atoms with Gasteiger partial charge in [0.2, 0.25) is 0 Å². The molecular formula is C17H17N3O3S. The zero-order valence-electron chi connectivity index (χ0n) is 13.3. The lowest BCUT2D eigenvalue weighted by Crippen LogP contribution is -2.24. The third-order valence-electron chi connectivity index (χ3n) is 3.04. The molecule has 0 saturated heterocycles. The predicted molar refractivity (Wildman–Crippen MR) is 97.7 cm³/mol. The smallest absolute Gasteiger partial charge is 0.337 e. The van der Waals surface area contributed by atoms with Gasteiger partial charge in [-0.25, -0.2) is 4.79 Å². The second kappa shape index (κ2) is 8.64. The molecule has 24 heavy (non-hydrogen) atoms. The van der Waals surface area contributed by atoms with E-state index in [0.29, 0.717) is 16.4 Å². The lowest BCUT2D eigenvalue weighted by atomic mass is 10.2. The molecule has 0 bridgehead atoms. The predicted octanol–water partition coefficient (Wildman–Crippen LogP) is 2.80. The van der Waals surface area contributed by atoms with Crippen molar-refractivity contribution in [1.82, 2.24) is 5.43 Å². The number of nitrogens with one attached hydrogen (secondary N) is 2. The summed E-state index contributed by atoms with van der Waals surface area (Å²) in [5, 5.41) is 7.31. The van der Waals surface area contributed by atoms with E-state index in [1.165, 1.54) is 7.11 Å². The summed E-state index contributed by atoms with van der Waals surface area (Å²) in [6.45, 7) is 0. The molecule has 7 heteroatoms. The van der Waals surface area contributed by atoms with Crippen LogP contribution in [0.25, 0.3) is 0 Å². The summed E-state index contributed by atoms with van der Waals surface area (Å²) in [6, 6.07) is 14.3. The number of benzene rings is 2. The molecule has 124 valence electrons. The number of anilines is 1. The van der Waals surface area contributed by atoms with Crippen LogP contribution in [0.3, 0.4) is 0 Å². The highest BCUT2D eigenvalue weighted by atomic mass is 32.1. The highest BCUT2D eigenvalue weighted by Crippen LogP contribution is 2.12. The largest absolute Gasteiger partial charge is 0.497 e. The summed E-state index contributed by atoms with van der Waals surface area (Å²) in [7, 11) is 2.95. The Labute approximate surface area is 145 Å². The summed E-state index contributed by atoms with van der Waals surface area (Å²) in [6.07, 6.45) is 1.64. The van der Waals surface area contributed by atoms with E-state index in [9.17, 15) is 4.79 Å². The van der Waals surface area contributed by atoms with Crippen LogP contribution in [-0.4, -0.2) is 31.5 Å². The van der Waals surface area contributed by atoms with Crippen LogP contribution in [0.5, 0.6) is 5.75 Å². The fourth-order valence-corrected chi connectivity index (χ4v) is 2.03. The Hall–Kier alpha value is -2.93. The Kier molecular flexibility index (Phi) is 6.27. The van der Waals surface area contributed by atoms with Gasteiger partial charge in [0.25, 0.3) is 0 Å². The van der Waals surface area contributed by atoms with Gasteiger partial charge in [-0.1, -0.05) is 6.07 Å². The number of thiocarbonyl (C=S) groups is 1. The Morgan fingerprint density at radius 2 is 1.92 bits per heavy atom. The molecule has 0 aliphatic heterocycles. The standard InChI is InChI=1S/C17H17N3O3S/c1-22-15-8-6-12(7-9-15)11-18-20-17(24)19-14-5-3-4-13(10-14)16(21)23-2/h3-11H,1-2H3,(H2,19,20,24)/b18-11-. The van der Waals surface area contributed by atoms with Gasteiger partial charge < -0.3 is 14.8 Å². The molecule has 0 aliphatic carbocycles. The van der Waals surface area contributed by atoms with Crippen LogP contribution in [0.1, 0.15) is 15.9 Å². The molecule has 2 rings (SSSR count). The lowest BCUT2D eigenvalue weighted by molar-refractivity contribution is 0.0601. The van der Waals surface area contributed by atoms with Crippen LogP contribution >= 0.6 is 12.2 Å². The number of carbonyl (C=O) groups excluding carboxylic acids is 1. The van der Waals surface area contributed by atoms with Crippen LogP contribution in [0, 0.1) is 0 Å². The van der Waals surface area contributed by atoms with Crippen molar-refractivity contribution in [3.63, 3.8) is 0 Å². The highest BCUT2D eigenvalue weighted by Gasteiger charge is 2.06. The van der Waals surface area contributed by atoms with Gasteiger partial charge in [-0.15, -0.1) is 0 Å². The minimum absolute atomic E-state index is 0.307. The Balaban J connectivity index is 1.90. The van der Waals surface area contributed by atoms with Crippen molar-refractivity contribution < 1.29 is 14.3 Å². The number of ether oxygens (including phenoxy) is 2. The third-order valence-corrected chi connectivity index (χ3v) is 3.23. The molecule has 0 radical (unpaired) electrons. The number of hydrazone groups is 1. The van der Waals surface area contributed by atoms with Crippen LogP contribution in [0.2, 0.25) is 0 Å². The first-order valence-electron chi connectivity index (χ1n) is 7.05. The average molecular weight is 343 g/mol. The van der Waals surface area contributed by atoms with Gasteiger partial charge in [0.1, 0.15) is 5.75 Å². The zero-order valence-corrected chi connectivity index (χ0v) is 14.1. The minimum Gasteiger partial charge on any atom is -0.497 e. The summed E-state index contributed by atoms with van der Waals surface area (Å²) >= 11 is 5.16. The maximum Gasteiger partial charge on any atom is 0.337 e. The normalized spacial score (nSPS) is 10.2. The molecule has 2 aromatic rings. The molecule has 0 atom stereocenters. The Morgan fingerprint density at radius 3 is 2.58 bits per heavy atom. The van der Waals surface area contributed by atoms with Gasteiger partial charge in [0, 0.05) is 5.69 Å². The molecule has 0 fully saturated rings. The molecule has 0 aliphatic rings. The summed E-state index contributed by atoms with van der Waals surface area (Å²) in [5.74, 6) is 0.373. The molecule has 0 unspecified atom stereocenters. The first kappa shape index (κ1) is 17.4. The molecule has 2 aromatic carbocycles. The molecule has 2 N–H and O–H groups in total. The van der Waals surface area contributed by atoms with Crippen molar-refractivity contribution in [3.05, 3.63) is 59.7 Å². The number of methoxy groups -OCH3 is 2. The van der Waals surface area contributed by atoms with Gasteiger partial charge >= 0.3 is 5.97 Å². The molecule has 0 amide bonds. The first-order chi connectivity index (χ1) is 11.6. The Bertz CT molecular complexity index is 745. The van der Waals surface area contributed by atoms with Crippen LogP contribution in [0.4, 0.5) is 5.69 Å². The van der Waals surface area contributed by atoms with Gasteiger partial charge in [-0.3, -0.25) is 5.43 Å². The maximum atomic E-state index is 11.5. The fourth-order valence-electron chi connectivity index (χ4n) is 1.86. The maximum absolute atomic E-state index is 11.5. The third kappa shape index (κ3) is 5.06. The van der Waals surface area contributed by atoms with Gasteiger partial charge in [0.05, 0.1) is 26.0 Å². The summed E-state index contributed by atoms with van der Waals surface area (Å²) in [5.41, 5.74) is 4.71. The van der Waals surface area contributed by atoms with Crippen LogP contribution in [0.15, 0.2) is 53.6 Å². The average Bonchev–Trinajstić information content (AvgIpc) is 2.61. The monoisotopic (exact) mass is 343 g/mol. The molecule has 0 spiro atoms. The van der Waals surface area contributed by atoms with Crippen molar-refractivity contribution >= 4 is 35.2 Å². The van der Waals surface area contributed by atoms with Crippen molar-refractivity contribution in [2.75, 3.05) is 19.5 Å². The first-order valence-corrected chi connectivity index (χ1v) is 7.45. The lowest BCUT2D eigenvalue weighted by Gasteiger charge is -2.08. The molecule has 0 saturated carbocycles. The van der Waals surface area contributed by atoms with Gasteiger partial charge in [-0.05, 0) is 60.2 Å². The van der Waals surface area contributed by atoms with E-state index < -0.39 is 5.97 Å². The SMILES string of the molecule is COC(=O)c1cccc(NC(=S)N/N=C\c2ccc(OC)cc2)c1. The van der Waals surface area contributed by atoms with E-state index in [-0.39, 0.29) is 0 Å². The second-order valence-electron chi connectivity index (χ2n) is 4.67. The van der Waals surface area contributed by atoms with E-state index in [0.717, 1.165) is 11.3 Å². The topological polar surface area (TPSA) is 72.0 Å². The number of hydrogen-bond donors (Lipinski definition) is 2. The quantitative estimate of drug-likeness (QED) is 0.376. The minimum atomic E-state index is -0.407. The van der Waals surface area contributed by atoms with Crippen molar-refractivity contribution in [2.24, 2.45) is 5.10 Å². The van der Waals surface area contributed by atoms with E-state index in [1.54, 1.807) is 37.6 Å². The highest BCUT2D eigenvalue weighted by molar-refractivity contribution is 7.80. The number of rotatable bonds is 5. The summed E-state index contributed by atoms with van der Waals surface area (Å²) in [4.78, 5) is 11.5.